The number of amides is 1. The molecule has 3 aromatic rings. The monoisotopic (exact) mass is 650 g/mol. The number of carbonyl (C=O) groups is 3. The number of cyclic esters (lactones) is 1. The number of nitrogens with one attached hydrogen (secondary N) is 1. The summed E-state index contributed by atoms with van der Waals surface area (Å²) in [7, 11) is 3.02. The summed E-state index contributed by atoms with van der Waals surface area (Å²) in [6, 6.07) is 17.5. The van der Waals surface area contributed by atoms with Crippen molar-refractivity contribution in [2.75, 3.05) is 34.2 Å². The summed E-state index contributed by atoms with van der Waals surface area (Å²) in [6.07, 6.45) is 1.38. The molecule has 1 aliphatic rings. The molecular weight excluding hydrogens is 608 g/mol. The highest BCUT2D eigenvalue weighted by Gasteiger charge is 2.36. The van der Waals surface area contributed by atoms with Gasteiger partial charge in [0.15, 0.2) is 23.2 Å². The minimum atomic E-state index is -1.17. The van der Waals surface area contributed by atoms with Crippen LogP contribution in [-0.2, 0) is 30.2 Å². The van der Waals surface area contributed by atoms with Crippen LogP contribution in [0.25, 0.3) is 0 Å². The normalized spacial score (nSPS) is 20.0. The predicted molar refractivity (Wildman–Crippen MR) is 171 cm³/mol. The number of para-hydroxylation sites is 1. The topological polar surface area (TPSA) is 141 Å². The first-order valence-electron chi connectivity index (χ1n) is 15.5. The van der Waals surface area contributed by atoms with Gasteiger partial charge in [0.2, 0.25) is 6.79 Å². The van der Waals surface area contributed by atoms with E-state index < -0.39 is 42.9 Å². The summed E-state index contributed by atoms with van der Waals surface area (Å²) >= 11 is 0. The Labute approximate surface area is 274 Å². The van der Waals surface area contributed by atoms with Crippen LogP contribution in [-0.4, -0.2) is 75.3 Å². The first-order chi connectivity index (χ1) is 22.7. The number of hydrogen-bond donors (Lipinski definition) is 1. The molecule has 1 N–H and O–H groups in total. The highest BCUT2D eigenvalue weighted by atomic mass is 16.7. The summed E-state index contributed by atoms with van der Waals surface area (Å²) in [5.41, 5.74) is 0.897. The Kier molecular flexibility index (Phi) is 12.8. The minimum absolute atomic E-state index is 0.0516. The molecule has 0 radical (unpaired) electrons. The molecule has 1 aromatic heterocycles. The van der Waals surface area contributed by atoms with E-state index in [0.29, 0.717) is 25.2 Å². The maximum Gasteiger partial charge on any atom is 0.331 e. The van der Waals surface area contributed by atoms with Gasteiger partial charge in [0.1, 0.15) is 23.7 Å². The second kappa shape index (κ2) is 17.2. The van der Waals surface area contributed by atoms with E-state index in [2.05, 4.69) is 10.3 Å². The third kappa shape index (κ3) is 9.82. The van der Waals surface area contributed by atoms with E-state index in [1.807, 2.05) is 54.6 Å². The number of aromatic nitrogens is 1. The standard InChI is InChI=1S/C35H42N2O10/c1-22(2)34(39)45-21-44-32-29(42-5)15-17-36-30(32)33(38)37-28-20-43-18-16-25(19-24-11-13-26(41-4)14-12-24)31(23(3)46-35(28)40)47-27-9-7-6-8-10-27/h6-15,17,22-23,25,28,31H,16,18-21H2,1-5H3,(H,37,38)/t23-,25+,28-,31-/m0/s1. The average Bonchev–Trinajstić information content (AvgIpc) is 3.08. The molecule has 0 bridgehead atoms. The number of pyridine rings is 1. The van der Waals surface area contributed by atoms with E-state index in [1.54, 1.807) is 27.9 Å². The number of esters is 2. The largest absolute Gasteiger partial charge is 0.497 e. The van der Waals surface area contributed by atoms with Crippen LogP contribution in [0, 0.1) is 11.8 Å². The van der Waals surface area contributed by atoms with E-state index >= 15 is 0 Å². The molecule has 4 rings (SSSR count). The Morgan fingerprint density at radius 2 is 1.74 bits per heavy atom. The molecule has 2 heterocycles. The van der Waals surface area contributed by atoms with Gasteiger partial charge in [-0.05, 0) is 49.6 Å². The number of hydrogen-bond acceptors (Lipinski definition) is 11. The molecule has 0 unspecified atom stereocenters. The quantitative estimate of drug-likeness (QED) is 0.220. The molecule has 1 aliphatic heterocycles. The van der Waals surface area contributed by atoms with E-state index in [4.69, 9.17) is 33.2 Å². The van der Waals surface area contributed by atoms with Gasteiger partial charge in [-0.1, -0.05) is 44.2 Å². The molecule has 0 aliphatic carbocycles. The average molecular weight is 651 g/mol. The smallest absolute Gasteiger partial charge is 0.331 e. The third-order valence-corrected chi connectivity index (χ3v) is 7.59. The van der Waals surface area contributed by atoms with Crippen molar-refractivity contribution in [2.45, 2.75) is 51.9 Å². The summed E-state index contributed by atoms with van der Waals surface area (Å²) < 4.78 is 39.7. The number of carbonyl (C=O) groups excluding carboxylic acids is 3. The van der Waals surface area contributed by atoms with Crippen molar-refractivity contribution in [1.29, 1.82) is 0 Å². The van der Waals surface area contributed by atoms with Gasteiger partial charge in [-0.3, -0.25) is 9.59 Å². The highest BCUT2D eigenvalue weighted by molar-refractivity contribution is 5.98. The lowest BCUT2D eigenvalue weighted by atomic mass is 9.88. The summed E-state index contributed by atoms with van der Waals surface area (Å²) in [6.45, 7) is 4.85. The van der Waals surface area contributed by atoms with Gasteiger partial charge in [0.25, 0.3) is 5.91 Å². The zero-order valence-electron chi connectivity index (χ0n) is 27.3. The molecule has 12 heteroatoms. The van der Waals surface area contributed by atoms with Crippen LogP contribution in [0.5, 0.6) is 23.0 Å². The van der Waals surface area contributed by atoms with Crippen LogP contribution in [0.2, 0.25) is 0 Å². The van der Waals surface area contributed by atoms with Gasteiger partial charge in [-0.25, -0.2) is 9.78 Å². The van der Waals surface area contributed by atoms with Gasteiger partial charge in [0.05, 0.1) is 26.7 Å². The first kappa shape index (κ1) is 35.0. The van der Waals surface area contributed by atoms with E-state index in [9.17, 15) is 14.4 Å². The Morgan fingerprint density at radius 3 is 2.43 bits per heavy atom. The Balaban J connectivity index is 1.52. The molecule has 4 atom stereocenters. The van der Waals surface area contributed by atoms with E-state index in [0.717, 1.165) is 11.3 Å². The Hall–Kier alpha value is -4.84. The fourth-order valence-corrected chi connectivity index (χ4v) is 5.05. The number of methoxy groups -OCH3 is 2. The van der Waals surface area contributed by atoms with Crippen molar-refractivity contribution in [3.8, 4) is 23.0 Å². The molecule has 47 heavy (non-hydrogen) atoms. The summed E-state index contributed by atoms with van der Waals surface area (Å²) in [5, 5.41) is 2.66. The molecule has 1 saturated heterocycles. The lowest BCUT2D eigenvalue weighted by Gasteiger charge is -2.34. The molecule has 2 aromatic carbocycles. The zero-order valence-corrected chi connectivity index (χ0v) is 27.3. The molecule has 12 nitrogen and oxygen atoms in total. The number of ether oxygens (including phenoxy) is 7. The summed E-state index contributed by atoms with van der Waals surface area (Å²) in [4.78, 5) is 43.1. The molecular formula is C35H42N2O10. The number of rotatable bonds is 12. The third-order valence-electron chi connectivity index (χ3n) is 7.59. The van der Waals surface area contributed by atoms with Crippen molar-refractivity contribution in [2.24, 2.45) is 11.8 Å². The second-order valence-corrected chi connectivity index (χ2v) is 11.3. The van der Waals surface area contributed by atoms with Gasteiger partial charge in [-0.15, -0.1) is 0 Å². The Morgan fingerprint density at radius 1 is 1.00 bits per heavy atom. The van der Waals surface area contributed by atoms with Crippen LogP contribution in [0.4, 0.5) is 0 Å². The molecule has 0 spiro atoms. The van der Waals surface area contributed by atoms with Gasteiger partial charge >= 0.3 is 11.9 Å². The molecule has 1 amide bonds. The zero-order chi connectivity index (χ0) is 33.8. The molecule has 0 saturated carbocycles. The maximum atomic E-state index is 13.5. The second-order valence-electron chi connectivity index (χ2n) is 11.3. The molecule has 1 fully saturated rings. The van der Waals surface area contributed by atoms with Crippen LogP contribution in [0.3, 0.4) is 0 Å². The number of nitrogens with zero attached hydrogens (tertiary/aromatic N) is 1. The van der Waals surface area contributed by atoms with Crippen LogP contribution in [0.15, 0.2) is 66.9 Å². The highest BCUT2D eigenvalue weighted by Crippen LogP contribution is 2.30. The Bertz CT molecular complexity index is 1460. The van der Waals surface area contributed by atoms with Crippen molar-refractivity contribution in [1.82, 2.24) is 10.3 Å². The van der Waals surface area contributed by atoms with Crippen molar-refractivity contribution in [3.63, 3.8) is 0 Å². The van der Waals surface area contributed by atoms with Crippen molar-refractivity contribution < 1.29 is 47.5 Å². The maximum absolute atomic E-state index is 13.5. The predicted octanol–water partition coefficient (Wildman–Crippen LogP) is 4.39. The first-order valence-corrected chi connectivity index (χ1v) is 15.5. The SMILES string of the molecule is COc1ccc(C[C@H]2CCOC[C@H](NC(=O)c3nccc(OC)c3OCOC(=O)C(C)C)C(=O)O[C@@H](C)[C@@H]2Oc2ccccc2)cc1. The van der Waals surface area contributed by atoms with E-state index in [1.165, 1.54) is 19.4 Å². The van der Waals surface area contributed by atoms with Crippen LogP contribution in [0.1, 0.15) is 43.2 Å². The van der Waals surface area contributed by atoms with Crippen LogP contribution >= 0.6 is 0 Å². The van der Waals surface area contributed by atoms with Gasteiger partial charge < -0.3 is 38.5 Å². The number of benzene rings is 2. The molecule has 252 valence electrons. The fraction of sp³-hybridized carbons (Fsp3) is 0.429. The van der Waals surface area contributed by atoms with Gasteiger partial charge in [-0.2, -0.15) is 0 Å². The minimum Gasteiger partial charge on any atom is -0.497 e. The lowest BCUT2D eigenvalue weighted by molar-refractivity contribution is -0.160. The van der Waals surface area contributed by atoms with Crippen molar-refractivity contribution >= 4 is 17.8 Å². The van der Waals surface area contributed by atoms with Gasteiger partial charge in [0, 0.05) is 24.8 Å². The van der Waals surface area contributed by atoms with E-state index in [-0.39, 0.29) is 35.6 Å². The van der Waals surface area contributed by atoms with Crippen LogP contribution < -0.4 is 24.3 Å². The fourth-order valence-electron chi connectivity index (χ4n) is 5.05. The lowest BCUT2D eigenvalue weighted by Crippen LogP contribution is -2.50. The summed E-state index contributed by atoms with van der Waals surface area (Å²) in [5.74, 6) is -0.830. The van der Waals surface area contributed by atoms with Crippen molar-refractivity contribution in [3.05, 3.63) is 78.1 Å².